The molecule has 0 atom stereocenters. The van der Waals surface area contributed by atoms with E-state index in [1.807, 2.05) is 0 Å². The average molecular weight is 301 g/mol. The van der Waals surface area contributed by atoms with Crippen LogP contribution >= 0.6 is 24.8 Å². The first-order chi connectivity index (χ1) is 7.41. The van der Waals surface area contributed by atoms with Crippen LogP contribution in [-0.4, -0.2) is 28.4 Å². The van der Waals surface area contributed by atoms with Gasteiger partial charge in [-0.2, -0.15) is 0 Å². The Morgan fingerprint density at radius 2 is 1.06 bits per heavy atom. The number of halogens is 2. The summed E-state index contributed by atoms with van der Waals surface area (Å²) in [6.07, 6.45) is 0.329. The zero-order valence-corrected chi connectivity index (χ0v) is 11.8. The topological polar surface area (TPSA) is 88.5 Å². The van der Waals surface area contributed by atoms with Crippen LogP contribution in [0.2, 0.25) is 0 Å². The Labute approximate surface area is 118 Å². The third kappa shape index (κ3) is 15.1. The van der Waals surface area contributed by atoms with Gasteiger partial charge >= 0.3 is 5.97 Å². The highest BCUT2D eigenvalue weighted by molar-refractivity contribution is 5.89. The van der Waals surface area contributed by atoms with Crippen LogP contribution in [0.15, 0.2) is 0 Å². The summed E-state index contributed by atoms with van der Waals surface area (Å²) in [4.78, 5) is 43.0. The van der Waals surface area contributed by atoms with Crippen molar-refractivity contribution in [3.63, 3.8) is 0 Å². The van der Waals surface area contributed by atoms with Crippen LogP contribution < -0.4 is 0 Å². The standard InChI is InChI=1S/C11H16O5.2ClH/c1-8(12)2-3-9(13)4-5-10(14)6-7-11(15)16;;/h2-7H2,1H3,(H,15,16);2*1H. The molecule has 0 spiro atoms. The van der Waals surface area contributed by atoms with Gasteiger partial charge in [0, 0.05) is 32.1 Å². The van der Waals surface area contributed by atoms with Crippen molar-refractivity contribution in [2.75, 3.05) is 0 Å². The molecule has 7 heteroatoms. The zero-order chi connectivity index (χ0) is 12.6. The smallest absolute Gasteiger partial charge is 0.303 e. The van der Waals surface area contributed by atoms with E-state index in [1.54, 1.807) is 0 Å². The van der Waals surface area contributed by atoms with Gasteiger partial charge in [-0.25, -0.2) is 0 Å². The van der Waals surface area contributed by atoms with Gasteiger partial charge in [0.1, 0.15) is 17.3 Å². The molecule has 0 amide bonds. The molecular formula is C11H18Cl2O5. The number of Topliss-reactive ketones (excluding diaryl/α,β-unsaturated/α-hetero) is 3. The molecule has 0 heterocycles. The van der Waals surface area contributed by atoms with E-state index >= 15 is 0 Å². The van der Waals surface area contributed by atoms with Crippen LogP contribution in [0.25, 0.3) is 0 Å². The van der Waals surface area contributed by atoms with Gasteiger partial charge in [-0.05, 0) is 6.92 Å². The molecule has 5 nitrogen and oxygen atoms in total. The fourth-order valence-corrected chi connectivity index (χ4v) is 1.09. The quantitative estimate of drug-likeness (QED) is 0.703. The van der Waals surface area contributed by atoms with Crippen molar-refractivity contribution in [2.45, 2.75) is 45.4 Å². The third-order valence-corrected chi connectivity index (χ3v) is 2.06. The van der Waals surface area contributed by atoms with Crippen molar-refractivity contribution in [2.24, 2.45) is 0 Å². The predicted molar refractivity (Wildman–Crippen MR) is 70.5 cm³/mol. The Balaban J connectivity index is -0.00000112. The molecule has 0 bridgehead atoms. The molecule has 0 aromatic heterocycles. The van der Waals surface area contributed by atoms with Crippen molar-refractivity contribution in [3.8, 4) is 0 Å². The van der Waals surface area contributed by atoms with Crippen LogP contribution in [0.5, 0.6) is 0 Å². The first-order valence-corrected chi connectivity index (χ1v) is 5.16. The number of ketones is 3. The normalized spacial score (nSPS) is 8.72. The van der Waals surface area contributed by atoms with Crippen LogP contribution in [0.1, 0.15) is 45.4 Å². The lowest BCUT2D eigenvalue weighted by atomic mass is 10.0. The van der Waals surface area contributed by atoms with Crippen molar-refractivity contribution in [1.82, 2.24) is 0 Å². The van der Waals surface area contributed by atoms with Gasteiger partial charge in [0.25, 0.3) is 0 Å². The fourth-order valence-electron chi connectivity index (χ4n) is 1.09. The Hall–Kier alpha value is -0.940. The monoisotopic (exact) mass is 300 g/mol. The van der Waals surface area contributed by atoms with Crippen LogP contribution in [0.4, 0.5) is 0 Å². The van der Waals surface area contributed by atoms with E-state index in [4.69, 9.17) is 5.11 Å². The highest BCUT2D eigenvalue weighted by Crippen LogP contribution is 2.03. The molecule has 0 fully saturated rings. The molecule has 18 heavy (non-hydrogen) atoms. The second-order valence-corrected chi connectivity index (χ2v) is 3.67. The maximum absolute atomic E-state index is 11.2. The van der Waals surface area contributed by atoms with E-state index in [2.05, 4.69) is 0 Å². The van der Waals surface area contributed by atoms with Gasteiger partial charge in [0.05, 0.1) is 6.42 Å². The summed E-state index contributed by atoms with van der Waals surface area (Å²) in [6.45, 7) is 1.41. The summed E-state index contributed by atoms with van der Waals surface area (Å²) in [5, 5.41) is 8.33. The maximum Gasteiger partial charge on any atom is 0.303 e. The van der Waals surface area contributed by atoms with E-state index in [-0.39, 0.29) is 80.7 Å². The van der Waals surface area contributed by atoms with E-state index in [0.29, 0.717) is 0 Å². The van der Waals surface area contributed by atoms with Crippen LogP contribution in [0, 0.1) is 0 Å². The summed E-state index contributed by atoms with van der Waals surface area (Å²) < 4.78 is 0. The number of hydrogen-bond acceptors (Lipinski definition) is 4. The SMILES string of the molecule is CC(=O)CCC(=O)CCC(=O)CCC(=O)O.Cl.Cl. The lowest BCUT2D eigenvalue weighted by molar-refractivity contribution is -0.138. The van der Waals surface area contributed by atoms with Crippen molar-refractivity contribution in [1.29, 1.82) is 0 Å². The molecule has 0 saturated carbocycles. The van der Waals surface area contributed by atoms with E-state index in [9.17, 15) is 19.2 Å². The minimum atomic E-state index is -1.02. The Morgan fingerprint density at radius 1 is 0.722 bits per heavy atom. The van der Waals surface area contributed by atoms with Crippen molar-refractivity contribution >= 4 is 48.1 Å². The third-order valence-electron chi connectivity index (χ3n) is 2.06. The Bertz CT molecular complexity index is 272. The number of carboxylic acid groups (broad SMARTS) is 1. The number of rotatable bonds is 9. The van der Waals surface area contributed by atoms with Gasteiger partial charge in [0.15, 0.2) is 0 Å². The molecule has 1 N–H and O–H groups in total. The number of aliphatic carboxylic acids is 1. The number of carbonyl (C=O) groups is 4. The molecular weight excluding hydrogens is 283 g/mol. The highest BCUT2D eigenvalue weighted by Gasteiger charge is 2.09. The van der Waals surface area contributed by atoms with Crippen LogP contribution in [0.3, 0.4) is 0 Å². The molecule has 0 aliphatic carbocycles. The minimum Gasteiger partial charge on any atom is -0.481 e. The zero-order valence-electron chi connectivity index (χ0n) is 10.1. The molecule has 0 aliphatic rings. The van der Waals surface area contributed by atoms with Gasteiger partial charge in [-0.1, -0.05) is 0 Å². The largest absolute Gasteiger partial charge is 0.481 e. The summed E-state index contributed by atoms with van der Waals surface area (Å²) in [5.41, 5.74) is 0. The highest BCUT2D eigenvalue weighted by atomic mass is 35.5. The molecule has 0 rings (SSSR count). The molecule has 0 aromatic rings. The van der Waals surface area contributed by atoms with E-state index < -0.39 is 5.97 Å². The second-order valence-electron chi connectivity index (χ2n) is 3.67. The Morgan fingerprint density at radius 3 is 1.39 bits per heavy atom. The lowest BCUT2D eigenvalue weighted by Crippen LogP contribution is -2.07. The number of hydrogen-bond donors (Lipinski definition) is 1. The first kappa shape index (κ1) is 22.3. The number of carbonyl (C=O) groups excluding carboxylic acids is 3. The summed E-state index contributed by atoms with van der Waals surface area (Å²) in [6, 6.07) is 0. The summed E-state index contributed by atoms with van der Waals surface area (Å²) in [5.74, 6) is -1.42. The van der Waals surface area contributed by atoms with E-state index in [1.165, 1.54) is 6.92 Å². The molecule has 0 aromatic carbocycles. The molecule has 0 aliphatic heterocycles. The van der Waals surface area contributed by atoms with Gasteiger partial charge in [-0.15, -0.1) is 24.8 Å². The fraction of sp³-hybridized carbons (Fsp3) is 0.636. The minimum absolute atomic E-state index is 0. The molecule has 106 valence electrons. The van der Waals surface area contributed by atoms with E-state index in [0.717, 1.165) is 0 Å². The van der Waals surface area contributed by atoms with Gasteiger partial charge in [-0.3, -0.25) is 14.4 Å². The first-order valence-electron chi connectivity index (χ1n) is 5.16. The lowest BCUT2D eigenvalue weighted by Gasteiger charge is -1.99. The second kappa shape index (κ2) is 12.5. The summed E-state index contributed by atoms with van der Waals surface area (Å²) in [7, 11) is 0. The molecule has 0 radical (unpaired) electrons. The van der Waals surface area contributed by atoms with Crippen molar-refractivity contribution < 1.29 is 24.3 Å². The molecule has 0 saturated heterocycles. The van der Waals surface area contributed by atoms with Gasteiger partial charge < -0.3 is 9.90 Å². The number of carboxylic acids is 1. The Kier molecular flexibility index (Phi) is 15.5. The van der Waals surface area contributed by atoms with Crippen LogP contribution in [-0.2, 0) is 19.2 Å². The summed E-state index contributed by atoms with van der Waals surface area (Å²) >= 11 is 0. The maximum atomic E-state index is 11.2. The average Bonchev–Trinajstić information content (AvgIpc) is 2.20. The van der Waals surface area contributed by atoms with Crippen molar-refractivity contribution in [3.05, 3.63) is 0 Å². The predicted octanol–water partition coefficient (Wildman–Crippen LogP) is 1.98. The van der Waals surface area contributed by atoms with Gasteiger partial charge in [0.2, 0.25) is 0 Å². The molecule has 0 unspecified atom stereocenters.